The summed E-state index contributed by atoms with van der Waals surface area (Å²) in [5.74, 6) is -0.899. The number of thioether (sulfide) groups is 1. The molecular formula is C17H15N3O2S2. The van der Waals surface area contributed by atoms with Crippen LogP contribution in [0.15, 0.2) is 35.3 Å². The van der Waals surface area contributed by atoms with Crippen LogP contribution in [0.1, 0.15) is 18.9 Å². The zero-order chi connectivity index (χ0) is 17.1. The molecule has 2 heterocycles. The number of aromatic nitrogens is 1. The highest BCUT2D eigenvalue weighted by molar-refractivity contribution is 8.16. The van der Waals surface area contributed by atoms with E-state index in [0.29, 0.717) is 5.04 Å². The molecule has 0 saturated carbocycles. The molecule has 0 fully saturated rings. The van der Waals surface area contributed by atoms with E-state index in [2.05, 4.69) is 9.98 Å². The number of anilines is 1. The summed E-state index contributed by atoms with van der Waals surface area (Å²) >= 11 is 3.03. The molecule has 3 aromatic rings. The van der Waals surface area contributed by atoms with E-state index in [1.807, 2.05) is 44.2 Å². The Balaban J connectivity index is 1.86. The van der Waals surface area contributed by atoms with E-state index in [9.17, 15) is 9.90 Å². The van der Waals surface area contributed by atoms with Crippen LogP contribution < -0.4 is 5.73 Å². The minimum atomic E-state index is -0.899. The van der Waals surface area contributed by atoms with Gasteiger partial charge in [0.05, 0.1) is 10.2 Å². The number of hydrogen-bond acceptors (Lipinski definition) is 6. The summed E-state index contributed by atoms with van der Waals surface area (Å²) in [6.07, 6.45) is 0. The van der Waals surface area contributed by atoms with Gasteiger partial charge in [-0.3, -0.25) is 4.99 Å². The van der Waals surface area contributed by atoms with E-state index in [1.54, 1.807) is 11.3 Å². The molecule has 1 aliphatic rings. The molecule has 0 bridgehead atoms. The lowest BCUT2D eigenvalue weighted by atomic mass is 10.0. The van der Waals surface area contributed by atoms with Crippen LogP contribution in [-0.4, -0.2) is 31.9 Å². The van der Waals surface area contributed by atoms with Gasteiger partial charge in [0.1, 0.15) is 10.1 Å². The zero-order valence-electron chi connectivity index (χ0n) is 13.1. The number of thiazole rings is 1. The molecule has 1 unspecified atom stereocenters. The second-order valence-electron chi connectivity index (χ2n) is 6.29. The third-order valence-electron chi connectivity index (χ3n) is 4.08. The SMILES string of the molecule is CC1(C)SC(c2nc3ccc4cc(N)ccc4c3s2)=NC1C(=O)O. The third kappa shape index (κ3) is 2.35. The molecule has 0 amide bonds. The fraction of sp³-hybridized carbons (Fsp3) is 0.235. The lowest BCUT2D eigenvalue weighted by Crippen LogP contribution is -2.34. The maximum atomic E-state index is 11.4. The predicted octanol–water partition coefficient (Wildman–Crippen LogP) is 3.76. The number of carboxylic acids is 1. The van der Waals surface area contributed by atoms with Crippen LogP contribution >= 0.6 is 23.1 Å². The summed E-state index contributed by atoms with van der Waals surface area (Å²) in [4.78, 5) is 20.5. The third-order valence-corrected chi connectivity index (χ3v) is 6.56. The van der Waals surface area contributed by atoms with Crippen molar-refractivity contribution in [3.63, 3.8) is 0 Å². The maximum Gasteiger partial charge on any atom is 0.329 e. The van der Waals surface area contributed by atoms with E-state index in [1.165, 1.54) is 11.8 Å². The lowest BCUT2D eigenvalue weighted by Gasteiger charge is -2.19. The molecule has 7 heteroatoms. The van der Waals surface area contributed by atoms with Gasteiger partial charge in [-0.15, -0.1) is 11.3 Å². The highest BCUT2D eigenvalue weighted by Gasteiger charge is 2.43. The second kappa shape index (κ2) is 5.19. The van der Waals surface area contributed by atoms with E-state index in [4.69, 9.17) is 5.73 Å². The minimum Gasteiger partial charge on any atom is -0.480 e. The highest BCUT2D eigenvalue weighted by Crippen LogP contribution is 2.42. The molecule has 5 nitrogen and oxygen atoms in total. The van der Waals surface area contributed by atoms with Gasteiger partial charge in [0.25, 0.3) is 0 Å². The van der Waals surface area contributed by atoms with E-state index >= 15 is 0 Å². The first-order valence-corrected chi connectivity index (χ1v) is 9.07. The van der Waals surface area contributed by atoms with Crippen LogP contribution in [0.3, 0.4) is 0 Å². The first-order valence-electron chi connectivity index (χ1n) is 7.44. The van der Waals surface area contributed by atoms with Gasteiger partial charge in [-0.25, -0.2) is 9.78 Å². The van der Waals surface area contributed by atoms with Gasteiger partial charge in [0.15, 0.2) is 6.04 Å². The first-order chi connectivity index (χ1) is 11.3. The summed E-state index contributed by atoms with van der Waals surface area (Å²) in [7, 11) is 0. The number of fused-ring (bicyclic) bond motifs is 3. The number of nitrogens with zero attached hydrogens (tertiary/aromatic N) is 2. The minimum absolute atomic E-state index is 0.477. The molecular weight excluding hydrogens is 342 g/mol. The molecule has 0 saturated heterocycles. The Morgan fingerprint density at radius 2 is 2.08 bits per heavy atom. The van der Waals surface area contributed by atoms with Crippen molar-refractivity contribution in [3.05, 3.63) is 35.3 Å². The smallest absolute Gasteiger partial charge is 0.329 e. The average molecular weight is 357 g/mol. The van der Waals surface area contributed by atoms with Gasteiger partial charge in [0.2, 0.25) is 0 Å². The molecule has 1 atom stereocenters. The Labute approximate surface area is 146 Å². The van der Waals surface area contributed by atoms with Gasteiger partial charge in [0, 0.05) is 15.8 Å². The molecule has 2 aromatic carbocycles. The van der Waals surface area contributed by atoms with Crippen molar-refractivity contribution in [3.8, 4) is 0 Å². The first kappa shape index (κ1) is 15.4. The van der Waals surface area contributed by atoms with Crippen molar-refractivity contribution in [2.45, 2.75) is 24.6 Å². The van der Waals surface area contributed by atoms with Crippen LogP contribution in [-0.2, 0) is 4.79 Å². The number of carboxylic acid groups (broad SMARTS) is 1. The molecule has 0 spiro atoms. The number of benzene rings is 2. The largest absolute Gasteiger partial charge is 0.480 e. The number of carbonyl (C=O) groups is 1. The monoisotopic (exact) mass is 357 g/mol. The summed E-state index contributed by atoms with van der Waals surface area (Å²) in [6.45, 7) is 3.80. The molecule has 1 aliphatic heterocycles. The Morgan fingerprint density at radius 3 is 2.79 bits per heavy atom. The Bertz CT molecular complexity index is 1020. The van der Waals surface area contributed by atoms with Crippen LogP contribution in [0.5, 0.6) is 0 Å². The highest BCUT2D eigenvalue weighted by atomic mass is 32.2. The molecule has 122 valence electrons. The van der Waals surface area contributed by atoms with Gasteiger partial charge < -0.3 is 10.8 Å². The van der Waals surface area contributed by atoms with E-state index < -0.39 is 16.8 Å². The van der Waals surface area contributed by atoms with Crippen molar-refractivity contribution in [1.29, 1.82) is 0 Å². The van der Waals surface area contributed by atoms with Crippen molar-refractivity contribution in [2.75, 3.05) is 5.73 Å². The molecule has 24 heavy (non-hydrogen) atoms. The molecule has 3 N–H and O–H groups in total. The molecule has 0 radical (unpaired) electrons. The fourth-order valence-corrected chi connectivity index (χ4v) is 5.18. The van der Waals surface area contributed by atoms with E-state index in [0.717, 1.165) is 31.7 Å². The van der Waals surface area contributed by atoms with Crippen LogP contribution in [0.4, 0.5) is 5.69 Å². The summed E-state index contributed by atoms with van der Waals surface area (Å²) in [6, 6.07) is 9.05. The normalized spacial score (nSPS) is 19.8. The van der Waals surface area contributed by atoms with Crippen molar-refractivity contribution < 1.29 is 9.90 Å². The molecule has 1 aromatic heterocycles. The Hall–Kier alpha value is -2.12. The average Bonchev–Trinajstić information content (AvgIpc) is 3.07. The standard InChI is InChI=1S/C17H15N3O2S2/c1-17(2)13(16(21)22)20-15(24-17)14-19-11-6-3-8-7-9(18)4-5-10(8)12(11)23-14/h3-7,13H,18H2,1-2H3,(H,21,22). The number of hydrogen-bond donors (Lipinski definition) is 2. The van der Waals surface area contributed by atoms with E-state index in [-0.39, 0.29) is 0 Å². The fourth-order valence-electron chi connectivity index (χ4n) is 2.88. The Kier molecular flexibility index (Phi) is 3.33. The number of nitrogen functional groups attached to an aromatic ring is 1. The second-order valence-corrected chi connectivity index (χ2v) is 8.94. The number of nitrogens with two attached hydrogens (primary N) is 1. The van der Waals surface area contributed by atoms with Crippen LogP contribution in [0.2, 0.25) is 0 Å². The number of rotatable bonds is 2. The van der Waals surface area contributed by atoms with Gasteiger partial charge >= 0.3 is 5.97 Å². The van der Waals surface area contributed by atoms with Crippen molar-refractivity contribution in [2.24, 2.45) is 4.99 Å². The summed E-state index contributed by atoms with van der Waals surface area (Å²) in [5, 5.41) is 13.0. The molecule has 0 aliphatic carbocycles. The van der Waals surface area contributed by atoms with Crippen molar-refractivity contribution >= 4 is 60.8 Å². The quantitative estimate of drug-likeness (QED) is 0.682. The van der Waals surface area contributed by atoms with Crippen LogP contribution in [0, 0.1) is 0 Å². The molecule has 4 rings (SSSR count). The maximum absolute atomic E-state index is 11.4. The summed E-state index contributed by atoms with van der Waals surface area (Å²) in [5.41, 5.74) is 7.48. The van der Waals surface area contributed by atoms with Gasteiger partial charge in [-0.2, -0.15) is 0 Å². The number of aliphatic carboxylic acids is 1. The summed E-state index contributed by atoms with van der Waals surface area (Å²) < 4.78 is 0.595. The van der Waals surface area contributed by atoms with Crippen molar-refractivity contribution in [1.82, 2.24) is 4.98 Å². The predicted molar refractivity (Wildman–Crippen MR) is 101 cm³/mol. The zero-order valence-corrected chi connectivity index (χ0v) is 14.7. The topological polar surface area (TPSA) is 88.6 Å². The van der Waals surface area contributed by atoms with Gasteiger partial charge in [-0.1, -0.05) is 23.9 Å². The lowest BCUT2D eigenvalue weighted by molar-refractivity contribution is -0.138. The van der Waals surface area contributed by atoms with Gasteiger partial charge in [-0.05, 0) is 37.4 Å². The number of aliphatic imine (C=N–C) groups is 1. The van der Waals surface area contributed by atoms with Crippen LogP contribution in [0.25, 0.3) is 21.0 Å². The Morgan fingerprint density at radius 1 is 1.29 bits per heavy atom.